The molecule has 0 aromatic carbocycles. The molecule has 2 aromatic heterocycles. The van der Waals surface area contributed by atoms with E-state index < -0.39 is 6.43 Å². The van der Waals surface area contributed by atoms with E-state index in [1.165, 1.54) is 12.5 Å². The Balaban J connectivity index is 1.20. The highest BCUT2D eigenvalue weighted by molar-refractivity contribution is 5.78. The van der Waals surface area contributed by atoms with Crippen molar-refractivity contribution in [1.82, 2.24) is 19.9 Å². The van der Waals surface area contributed by atoms with Crippen molar-refractivity contribution in [1.29, 1.82) is 0 Å². The molecule has 2 fully saturated rings. The van der Waals surface area contributed by atoms with Crippen molar-refractivity contribution >= 4 is 17.4 Å². The summed E-state index contributed by atoms with van der Waals surface area (Å²) in [6, 6.07) is 3.27. The number of rotatable bonds is 5. The van der Waals surface area contributed by atoms with Gasteiger partial charge >= 0.3 is 0 Å². The third-order valence-corrected chi connectivity index (χ3v) is 6.35. The monoisotopic (exact) mass is 428 g/mol. The van der Waals surface area contributed by atoms with Gasteiger partial charge in [0.05, 0.1) is 18.8 Å². The number of carbonyl (C=O) groups excluding carboxylic acids is 1. The molecule has 3 aliphatic rings. The molecule has 0 aliphatic carbocycles. The first-order valence-corrected chi connectivity index (χ1v) is 10.8. The summed E-state index contributed by atoms with van der Waals surface area (Å²) in [4.78, 5) is 32.2. The van der Waals surface area contributed by atoms with Gasteiger partial charge in [-0.05, 0) is 32.4 Å². The van der Waals surface area contributed by atoms with E-state index >= 15 is 0 Å². The Morgan fingerprint density at radius 3 is 2.55 bits per heavy atom. The Morgan fingerprint density at radius 1 is 1.10 bits per heavy atom. The van der Waals surface area contributed by atoms with Gasteiger partial charge in [-0.25, -0.2) is 18.7 Å². The lowest BCUT2D eigenvalue weighted by atomic mass is 9.94. The van der Waals surface area contributed by atoms with Gasteiger partial charge in [0.25, 0.3) is 6.43 Å². The van der Waals surface area contributed by atoms with Gasteiger partial charge in [-0.3, -0.25) is 9.78 Å². The molecule has 7 nitrogen and oxygen atoms in total. The first-order chi connectivity index (χ1) is 14.9. The molecule has 0 atom stereocenters. The fraction of sp³-hybridized carbons (Fsp3) is 0.545. The summed E-state index contributed by atoms with van der Waals surface area (Å²) in [5.41, 5.74) is 3.19. The standard InChI is InChI=1S/C22H26F2N6O/c1-13-6-16(8-18(25-13)21(23)24)29-9-15(10-29)7-20(31)30-11-17-19(12-30)26-14(2)27-22(17)28-4-3-5-28/h6,8,15,21H,3-5,7,9-12H2,1-2H3. The zero-order valence-electron chi connectivity index (χ0n) is 17.8. The first kappa shape index (κ1) is 20.1. The summed E-state index contributed by atoms with van der Waals surface area (Å²) in [5.74, 6) is 2.08. The zero-order chi connectivity index (χ0) is 21.7. The Hall–Kier alpha value is -2.84. The van der Waals surface area contributed by atoms with Crippen LogP contribution in [0.4, 0.5) is 20.3 Å². The number of fused-ring (bicyclic) bond motifs is 1. The van der Waals surface area contributed by atoms with Crippen molar-refractivity contribution in [3.05, 3.63) is 40.6 Å². The van der Waals surface area contributed by atoms with Crippen LogP contribution in [0.3, 0.4) is 0 Å². The van der Waals surface area contributed by atoms with Crippen molar-refractivity contribution < 1.29 is 13.6 Å². The van der Waals surface area contributed by atoms with Gasteiger partial charge in [0.1, 0.15) is 17.3 Å². The number of aromatic nitrogens is 3. The predicted octanol–water partition coefficient (Wildman–Crippen LogP) is 3.00. The van der Waals surface area contributed by atoms with E-state index in [1.54, 1.807) is 6.92 Å². The number of alkyl halides is 2. The lowest BCUT2D eigenvalue weighted by molar-refractivity contribution is -0.133. The quantitative estimate of drug-likeness (QED) is 0.730. The SMILES string of the molecule is Cc1cc(N2CC(CC(=O)N3Cc4nc(C)nc(N5CCC5)c4C3)C2)cc(C(F)F)n1. The van der Waals surface area contributed by atoms with Gasteiger partial charge in [0.2, 0.25) is 5.91 Å². The Morgan fingerprint density at radius 2 is 1.87 bits per heavy atom. The minimum atomic E-state index is -2.58. The maximum Gasteiger partial charge on any atom is 0.280 e. The zero-order valence-corrected chi connectivity index (χ0v) is 17.8. The lowest BCUT2D eigenvalue weighted by Crippen LogP contribution is -2.48. The number of hydrogen-bond donors (Lipinski definition) is 0. The number of carbonyl (C=O) groups is 1. The molecule has 0 unspecified atom stereocenters. The largest absolute Gasteiger partial charge is 0.371 e. The molecule has 164 valence electrons. The van der Waals surface area contributed by atoms with E-state index in [-0.39, 0.29) is 17.5 Å². The van der Waals surface area contributed by atoms with Crippen LogP contribution in [0.25, 0.3) is 0 Å². The van der Waals surface area contributed by atoms with E-state index in [0.29, 0.717) is 38.3 Å². The first-order valence-electron chi connectivity index (χ1n) is 10.8. The van der Waals surface area contributed by atoms with Crippen LogP contribution in [0.2, 0.25) is 0 Å². The normalized spacial score (nSPS) is 18.3. The summed E-state index contributed by atoms with van der Waals surface area (Å²) in [5, 5.41) is 0. The van der Waals surface area contributed by atoms with E-state index in [2.05, 4.69) is 19.9 Å². The number of halogens is 2. The third kappa shape index (κ3) is 3.81. The summed E-state index contributed by atoms with van der Waals surface area (Å²) in [7, 11) is 0. The number of amides is 1. The highest BCUT2D eigenvalue weighted by Gasteiger charge is 2.35. The van der Waals surface area contributed by atoms with Crippen molar-refractivity contribution in [3.63, 3.8) is 0 Å². The van der Waals surface area contributed by atoms with Crippen LogP contribution in [-0.4, -0.2) is 51.9 Å². The van der Waals surface area contributed by atoms with Crippen molar-refractivity contribution in [2.24, 2.45) is 5.92 Å². The van der Waals surface area contributed by atoms with E-state index in [4.69, 9.17) is 0 Å². The third-order valence-electron chi connectivity index (χ3n) is 6.35. The summed E-state index contributed by atoms with van der Waals surface area (Å²) < 4.78 is 26.1. The maximum atomic E-state index is 13.0. The lowest BCUT2D eigenvalue weighted by Gasteiger charge is -2.41. The number of anilines is 2. The Bertz CT molecular complexity index is 1020. The van der Waals surface area contributed by atoms with Crippen LogP contribution in [-0.2, 0) is 17.9 Å². The minimum absolute atomic E-state index is 0.119. The van der Waals surface area contributed by atoms with Crippen LogP contribution >= 0.6 is 0 Å². The fourth-order valence-corrected chi connectivity index (χ4v) is 4.58. The average molecular weight is 428 g/mol. The molecule has 0 saturated carbocycles. The van der Waals surface area contributed by atoms with Gasteiger partial charge in [0, 0.05) is 55.5 Å². The van der Waals surface area contributed by atoms with Crippen molar-refractivity contribution in [2.45, 2.75) is 46.2 Å². The number of pyridine rings is 1. The van der Waals surface area contributed by atoms with Gasteiger partial charge in [-0.15, -0.1) is 0 Å². The topological polar surface area (TPSA) is 65.5 Å². The predicted molar refractivity (Wildman–Crippen MR) is 112 cm³/mol. The van der Waals surface area contributed by atoms with Crippen LogP contribution < -0.4 is 9.80 Å². The molecule has 5 rings (SSSR count). The fourth-order valence-electron chi connectivity index (χ4n) is 4.58. The molecular weight excluding hydrogens is 402 g/mol. The molecule has 0 N–H and O–H groups in total. The van der Waals surface area contributed by atoms with Crippen LogP contribution in [0, 0.1) is 19.8 Å². The molecule has 0 radical (unpaired) electrons. The summed E-state index contributed by atoms with van der Waals surface area (Å²) in [6.07, 6.45) is -0.946. The molecular formula is C22H26F2N6O. The molecule has 3 aliphatic heterocycles. The number of hydrogen-bond acceptors (Lipinski definition) is 6. The smallest absolute Gasteiger partial charge is 0.280 e. The van der Waals surface area contributed by atoms with Crippen LogP contribution in [0.5, 0.6) is 0 Å². The Kier molecular flexibility index (Phi) is 4.98. The van der Waals surface area contributed by atoms with Crippen LogP contribution in [0.1, 0.15) is 47.7 Å². The highest BCUT2D eigenvalue weighted by Crippen LogP contribution is 2.34. The van der Waals surface area contributed by atoms with Crippen LogP contribution in [0.15, 0.2) is 12.1 Å². The molecule has 0 bridgehead atoms. The minimum Gasteiger partial charge on any atom is -0.371 e. The second-order valence-electron chi connectivity index (χ2n) is 8.78. The number of nitrogens with zero attached hydrogens (tertiary/aromatic N) is 6. The average Bonchev–Trinajstić information content (AvgIpc) is 3.06. The van der Waals surface area contributed by atoms with E-state index in [1.807, 2.05) is 22.8 Å². The molecule has 9 heteroatoms. The van der Waals surface area contributed by atoms with Gasteiger partial charge < -0.3 is 14.7 Å². The second-order valence-corrected chi connectivity index (χ2v) is 8.78. The van der Waals surface area contributed by atoms with E-state index in [9.17, 15) is 13.6 Å². The van der Waals surface area contributed by atoms with E-state index in [0.717, 1.165) is 41.7 Å². The molecule has 2 saturated heterocycles. The molecule has 31 heavy (non-hydrogen) atoms. The molecule has 2 aromatic rings. The molecule has 5 heterocycles. The Labute approximate surface area is 180 Å². The number of aryl methyl sites for hydroxylation is 2. The molecule has 1 amide bonds. The second kappa shape index (κ2) is 7.69. The molecule has 0 spiro atoms. The highest BCUT2D eigenvalue weighted by atomic mass is 19.3. The van der Waals surface area contributed by atoms with Gasteiger partial charge in [-0.2, -0.15) is 0 Å². The summed E-state index contributed by atoms with van der Waals surface area (Å²) in [6.45, 7) is 8.13. The maximum absolute atomic E-state index is 13.0. The van der Waals surface area contributed by atoms with Crippen molar-refractivity contribution in [3.8, 4) is 0 Å². The van der Waals surface area contributed by atoms with Crippen molar-refractivity contribution in [2.75, 3.05) is 36.0 Å². The van der Waals surface area contributed by atoms with Gasteiger partial charge in [0.15, 0.2) is 0 Å². The van der Waals surface area contributed by atoms with Gasteiger partial charge in [-0.1, -0.05) is 0 Å². The summed E-state index contributed by atoms with van der Waals surface area (Å²) >= 11 is 0.